The Bertz CT molecular complexity index is 511. The van der Waals surface area contributed by atoms with Gasteiger partial charge in [0.2, 0.25) is 5.91 Å². The number of rotatable bonds is 5. The number of nitrogens with zero attached hydrogens (tertiary/aromatic N) is 3. The Balaban J connectivity index is 2.02. The lowest BCUT2D eigenvalue weighted by molar-refractivity contribution is -0.124. The number of pyridine rings is 1. The van der Waals surface area contributed by atoms with E-state index in [4.69, 9.17) is 4.74 Å². The minimum absolute atomic E-state index is 0.0666. The van der Waals surface area contributed by atoms with Crippen LogP contribution < -0.4 is 5.32 Å². The fourth-order valence-corrected chi connectivity index (χ4v) is 1.48. The van der Waals surface area contributed by atoms with Crippen LogP contribution in [-0.4, -0.2) is 34.4 Å². The van der Waals surface area contributed by atoms with E-state index in [0.717, 1.165) is 11.4 Å². The molecule has 0 saturated heterocycles. The van der Waals surface area contributed by atoms with Gasteiger partial charge in [-0.2, -0.15) is 5.10 Å². The summed E-state index contributed by atoms with van der Waals surface area (Å²) in [7, 11) is 1.49. The van der Waals surface area contributed by atoms with E-state index in [1.807, 2.05) is 24.4 Å². The van der Waals surface area contributed by atoms with Crippen molar-refractivity contribution in [1.82, 2.24) is 20.1 Å². The van der Waals surface area contributed by atoms with Gasteiger partial charge in [0.25, 0.3) is 0 Å². The second-order valence-corrected chi connectivity index (χ2v) is 3.68. The van der Waals surface area contributed by atoms with Crippen molar-refractivity contribution in [2.45, 2.75) is 6.54 Å². The Labute approximate surface area is 105 Å². The van der Waals surface area contributed by atoms with Gasteiger partial charge in [-0.3, -0.25) is 4.79 Å². The van der Waals surface area contributed by atoms with Gasteiger partial charge in [0.15, 0.2) is 5.82 Å². The van der Waals surface area contributed by atoms with Gasteiger partial charge in [0.05, 0.1) is 0 Å². The molecule has 0 unspecified atom stereocenters. The first-order valence-electron chi connectivity index (χ1n) is 5.50. The Kier molecular flexibility index (Phi) is 4.03. The predicted molar refractivity (Wildman–Crippen MR) is 65.1 cm³/mol. The SMILES string of the molecule is COCC(=O)NCc1ccnc(-n2cccn2)c1. The molecule has 0 radical (unpaired) electrons. The molecule has 18 heavy (non-hydrogen) atoms. The molecule has 2 rings (SSSR count). The highest BCUT2D eigenvalue weighted by Crippen LogP contribution is 2.05. The molecular weight excluding hydrogens is 232 g/mol. The van der Waals surface area contributed by atoms with Crippen molar-refractivity contribution in [2.75, 3.05) is 13.7 Å². The van der Waals surface area contributed by atoms with Crippen LogP contribution in [0.5, 0.6) is 0 Å². The zero-order valence-corrected chi connectivity index (χ0v) is 10.0. The molecule has 2 aromatic rings. The van der Waals surface area contributed by atoms with Crippen molar-refractivity contribution in [1.29, 1.82) is 0 Å². The van der Waals surface area contributed by atoms with E-state index in [-0.39, 0.29) is 12.5 Å². The Morgan fingerprint density at radius 3 is 3.11 bits per heavy atom. The first-order valence-corrected chi connectivity index (χ1v) is 5.50. The lowest BCUT2D eigenvalue weighted by atomic mass is 10.2. The van der Waals surface area contributed by atoms with Crippen molar-refractivity contribution in [3.8, 4) is 5.82 Å². The Morgan fingerprint density at radius 2 is 2.39 bits per heavy atom. The number of carbonyl (C=O) groups excluding carboxylic acids is 1. The summed E-state index contributed by atoms with van der Waals surface area (Å²) in [6, 6.07) is 5.55. The molecule has 0 aliphatic carbocycles. The molecule has 1 amide bonds. The van der Waals surface area contributed by atoms with Gasteiger partial charge in [-0.05, 0) is 23.8 Å². The van der Waals surface area contributed by atoms with Crippen LogP contribution in [0.1, 0.15) is 5.56 Å². The number of amides is 1. The Morgan fingerprint density at radius 1 is 1.50 bits per heavy atom. The van der Waals surface area contributed by atoms with Crippen molar-refractivity contribution in [2.24, 2.45) is 0 Å². The molecule has 0 atom stereocenters. The van der Waals surface area contributed by atoms with E-state index in [9.17, 15) is 4.79 Å². The van der Waals surface area contributed by atoms with E-state index in [0.29, 0.717) is 6.54 Å². The first kappa shape index (κ1) is 12.3. The molecule has 2 heterocycles. The van der Waals surface area contributed by atoms with Crippen LogP contribution in [0.15, 0.2) is 36.8 Å². The maximum absolute atomic E-state index is 11.3. The van der Waals surface area contributed by atoms with E-state index in [1.54, 1.807) is 17.1 Å². The summed E-state index contributed by atoms with van der Waals surface area (Å²) in [4.78, 5) is 15.5. The summed E-state index contributed by atoms with van der Waals surface area (Å²) in [5.74, 6) is 0.577. The first-order chi connectivity index (χ1) is 8.79. The van der Waals surface area contributed by atoms with E-state index in [1.165, 1.54) is 7.11 Å². The topological polar surface area (TPSA) is 69.0 Å². The van der Waals surface area contributed by atoms with Gasteiger partial charge >= 0.3 is 0 Å². The third-order valence-electron chi connectivity index (χ3n) is 2.31. The molecule has 94 valence electrons. The molecule has 6 nitrogen and oxygen atoms in total. The van der Waals surface area contributed by atoms with Crippen LogP contribution >= 0.6 is 0 Å². The number of carbonyl (C=O) groups is 1. The van der Waals surface area contributed by atoms with Crippen LogP contribution in [0, 0.1) is 0 Å². The van der Waals surface area contributed by atoms with Gasteiger partial charge in [-0.25, -0.2) is 9.67 Å². The molecule has 0 fully saturated rings. The van der Waals surface area contributed by atoms with E-state index in [2.05, 4.69) is 15.4 Å². The largest absolute Gasteiger partial charge is 0.375 e. The number of hydrogen-bond donors (Lipinski definition) is 1. The predicted octanol–water partition coefficient (Wildman–Crippen LogP) is 0.530. The van der Waals surface area contributed by atoms with Crippen molar-refractivity contribution in [3.05, 3.63) is 42.4 Å². The minimum atomic E-state index is -0.144. The lowest BCUT2D eigenvalue weighted by Gasteiger charge is -2.06. The van der Waals surface area contributed by atoms with Crippen molar-refractivity contribution < 1.29 is 9.53 Å². The van der Waals surface area contributed by atoms with E-state index >= 15 is 0 Å². The fraction of sp³-hybridized carbons (Fsp3) is 0.250. The lowest BCUT2D eigenvalue weighted by Crippen LogP contribution is -2.26. The summed E-state index contributed by atoms with van der Waals surface area (Å²) in [5, 5.41) is 6.85. The van der Waals surface area contributed by atoms with Crippen LogP contribution in [0.2, 0.25) is 0 Å². The molecule has 0 aromatic carbocycles. The molecule has 0 aliphatic rings. The summed E-state index contributed by atoms with van der Waals surface area (Å²) in [6.45, 7) is 0.510. The van der Waals surface area contributed by atoms with Crippen LogP contribution in [0.4, 0.5) is 0 Å². The van der Waals surface area contributed by atoms with Crippen LogP contribution in [0.3, 0.4) is 0 Å². The molecule has 0 aliphatic heterocycles. The maximum Gasteiger partial charge on any atom is 0.246 e. The maximum atomic E-state index is 11.3. The third-order valence-corrected chi connectivity index (χ3v) is 2.31. The fourth-order valence-electron chi connectivity index (χ4n) is 1.48. The molecule has 0 saturated carbocycles. The zero-order valence-electron chi connectivity index (χ0n) is 10.0. The monoisotopic (exact) mass is 246 g/mol. The van der Waals surface area contributed by atoms with E-state index < -0.39 is 0 Å². The summed E-state index contributed by atoms with van der Waals surface area (Å²) >= 11 is 0. The normalized spacial score (nSPS) is 10.3. The minimum Gasteiger partial charge on any atom is -0.375 e. The highest BCUT2D eigenvalue weighted by molar-refractivity contribution is 5.77. The average molecular weight is 246 g/mol. The second-order valence-electron chi connectivity index (χ2n) is 3.68. The standard InChI is InChI=1S/C12H14N4O2/c1-18-9-12(17)14-8-10-3-5-13-11(7-10)16-6-2-4-15-16/h2-7H,8-9H2,1H3,(H,14,17). The number of methoxy groups -OCH3 is 1. The summed E-state index contributed by atoms with van der Waals surface area (Å²) < 4.78 is 6.40. The van der Waals surface area contributed by atoms with Crippen molar-refractivity contribution in [3.63, 3.8) is 0 Å². The zero-order chi connectivity index (χ0) is 12.8. The van der Waals surface area contributed by atoms with Gasteiger partial charge in [0, 0.05) is 32.2 Å². The van der Waals surface area contributed by atoms with Crippen LogP contribution in [-0.2, 0) is 16.1 Å². The number of hydrogen-bond acceptors (Lipinski definition) is 4. The highest BCUT2D eigenvalue weighted by atomic mass is 16.5. The summed E-state index contributed by atoms with van der Waals surface area (Å²) in [6.07, 6.45) is 5.19. The number of ether oxygens (including phenoxy) is 1. The van der Waals surface area contributed by atoms with Gasteiger partial charge in [-0.15, -0.1) is 0 Å². The van der Waals surface area contributed by atoms with Gasteiger partial charge in [0.1, 0.15) is 6.61 Å². The number of aromatic nitrogens is 3. The quantitative estimate of drug-likeness (QED) is 0.835. The average Bonchev–Trinajstić information content (AvgIpc) is 2.91. The van der Waals surface area contributed by atoms with Crippen LogP contribution in [0.25, 0.3) is 5.82 Å². The van der Waals surface area contributed by atoms with Gasteiger partial charge < -0.3 is 10.1 Å². The molecule has 2 aromatic heterocycles. The molecule has 6 heteroatoms. The Hall–Kier alpha value is -2.21. The molecule has 1 N–H and O–H groups in total. The molecule has 0 bridgehead atoms. The summed E-state index contributed by atoms with van der Waals surface area (Å²) in [5.41, 5.74) is 0.958. The molecular formula is C12H14N4O2. The smallest absolute Gasteiger partial charge is 0.246 e. The second kappa shape index (κ2) is 5.92. The van der Waals surface area contributed by atoms with Gasteiger partial charge in [-0.1, -0.05) is 0 Å². The number of nitrogens with one attached hydrogen (secondary N) is 1. The molecule has 0 spiro atoms. The highest BCUT2D eigenvalue weighted by Gasteiger charge is 2.02. The van der Waals surface area contributed by atoms with Crippen molar-refractivity contribution >= 4 is 5.91 Å². The third kappa shape index (κ3) is 3.14.